The number of hydrogen-bond donors (Lipinski definition) is 0. The number of nitrogens with zero attached hydrogens (tertiary/aromatic N) is 3. The Morgan fingerprint density at radius 1 is 1.27 bits per heavy atom. The van der Waals surface area contributed by atoms with Gasteiger partial charge in [-0.2, -0.15) is 0 Å². The van der Waals surface area contributed by atoms with E-state index in [1.165, 1.54) is 12.1 Å². The van der Waals surface area contributed by atoms with Crippen molar-refractivity contribution in [1.29, 1.82) is 0 Å². The van der Waals surface area contributed by atoms with Crippen LogP contribution in [0.1, 0.15) is 0 Å². The predicted molar refractivity (Wildman–Crippen MR) is 57.3 cm³/mol. The average molecular weight is 205 g/mol. The summed E-state index contributed by atoms with van der Waals surface area (Å²) in [6.45, 7) is 0.776. The van der Waals surface area contributed by atoms with Gasteiger partial charge in [0.1, 0.15) is 0 Å². The highest BCUT2D eigenvalue weighted by Crippen LogP contribution is 2.21. The highest BCUT2D eigenvalue weighted by molar-refractivity contribution is 5.53. The Bertz CT molecular complexity index is 400. The van der Waals surface area contributed by atoms with Crippen LogP contribution in [0.5, 0.6) is 0 Å². The number of hydrogen-bond acceptors (Lipinski definition) is 4. The van der Waals surface area contributed by atoms with E-state index in [1.807, 2.05) is 29.2 Å². The van der Waals surface area contributed by atoms with E-state index in [-0.39, 0.29) is 5.69 Å². The van der Waals surface area contributed by atoms with Crippen molar-refractivity contribution in [2.45, 2.75) is 0 Å². The third kappa shape index (κ3) is 1.90. The van der Waals surface area contributed by atoms with Gasteiger partial charge < -0.3 is 9.80 Å². The summed E-state index contributed by atoms with van der Waals surface area (Å²) >= 11 is 0. The summed E-state index contributed by atoms with van der Waals surface area (Å²) in [5.41, 5.74) is 1.08. The summed E-state index contributed by atoms with van der Waals surface area (Å²) in [6, 6.07) is 6.53. The highest BCUT2D eigenvalue weighted by Gasteiger charge is 2.11. The molecule has 0 amide bonds. The topological polar surface area (TPSA) is 49.6 Å². The number of rotatable bonds is 2. The minimum atomic E-state index is -0.393. The molecular formula is C10H11N3O2. The van der Waals surface area contributed by atoms with Gasteiger partial charge in [0, 0.05) is 37.3 Å². The first-order valence-corrected chi connectivity index (χ1v) is 4.56. The van der Waals surface area contributed by atoms with Crippen LogP contribution >= 0.6 is 0 Å². The predicted octanol–water partition coefficient (Wildman–Crippen LogP) is 1.78. The second-order valence-electron chi connectivity index (χ2n) is 3.44. The van der Waals surface area contributed by atoms with Crippen molar-refractivity contribution in [3.05, 3.63) is 46.8 Å². The lowest BCUT2D eigenvalue weighted by atomic mass is 10.3. The van der Waals surface area contributed by atoms with E-state index in [0.717, 1.165) is 12.4 Å². The van der Waals surface area contributed by atoms with Crippen molar-refractivity contribution >= 4 is 11.4 Å². The van der Waals surface area contributed by atoms with E-state index < -0.39 is 4.92 Å². The van der Waals surface area contributed by atoms with Crippen LogP contribution in [0.3, 0.4) is 0 Å². The SMILES string of the molecule is CN1C=CN(c2ccc([N+](=O)[O-])cc2)C1. The fraction of sp³-hybridized carbons (Fsp3) is 0.200. The summed E-state index contributed by atoms with van der Waals surface area (Å²) in [7, 11) is 1.97. The largest absolute Gasteiger partial charge is 0.361 e. The van der Waals surface area contributed by atoms with Crippen molar-refractivity contribution in [1.82, 2.24) is 4.90 Å². The van der Waals surface area contributed by atoms with Crippen LogP contribution in [0.2, 0.25) is 0 Å². The summed E-state index contributed by atoms with van der Waals surface area (Å²) in [5.74, 6) is 0. The Morgan fingerprint density at radius 2 is 1.93 bits per heavy atom. The molecule has 1 aliphatic heterocycles. The fourth-order valence-corrected chi connectivity index (χ4v) is 1.46. The molecule has 1 aromatic rings. The number of non-ortho nitro benzene ring substituents is 1. The first-order chi connectivity index (χ1) is 7.16. The van der Waals surface area contributed by atoms with Gasteiger partial charge in [-0.1, -0.05) is 0 Å². The molecule has 0 aromatic heterocycles. The standard InChI is InChI=1S/C10H11N3O2/c1-11-6-7-12(8-11)9-2-4-10(5-3-9)13(14)15/h2-7H,8H2,1H3. The van der Waals surface area contributed by atoms with Crippen molar-refractivity contribution in [2.75, 3.05) is 18.6 Å². The van der Waals surface area contributed by atoms with Gasteiger partial charge in [0.15, 0.2) is 0 Å². The van der Waals surface area contributed by atoms with Crippen LogP contribution in [0.25, 0.3) is 0 Å². The maximum absolute atomic E-state index is 10.5. The van der Waals surface area contributed by atoms with Crippen LogP contribution in [-0.4, -0.2) is 23.5 Å². The summed E-state index contributed by atoms with van der Waals surface area (Å²) in [6.07, 6.45) is 3.91. The van der Waals surface area contributed by atoms with Gasteiger partial charge in [-0.3, -0.25) is 10.1 Å². The summed E-state index contributed by atoms with van der Waals surface area (Å²) in [4.78, 5) is 14.1. The van der Waals surface area contributed by atoms with Gasteiger partial charge in [-0.25, -0.2) is 0 Å². The minimum absolute atomic E-state index is 0.121. The molecule has 1 aliphatic rings. The molecule has 0 atom stereocenters. The number of nitro benzene ring substituents is 1. The van der Waals surface area contributed by atoms with Crippen molar-refractivity contribution in [2.24, 2.45) is 0 Å². The minimum Gasteiger partial charge on any atom is -0.361 e. The average Bonchev–Trinajstić information content (AvgIpc) is 2.65. The molecular weight excluding hydrogens is 194 g/mol. The molecule has 5 nitrogen and oxygen atoms in total. The molecule has 0 saturated heterocycles. The van der Waals surface area contributed by atoms with E-state index in [1.54, 1.807) is 12.1 Å². The Morgan fingerprint density at radius 3 is 2.40 bits per heavy atom. The molecule has 2 rings (SSSR count). The van der Waals surface area contributed by atoms with Crippen LogP contribution in [-0.2, 0) is 0 Å². The molecule has 0 aliphatic carbocycles. The lowest BCUT2D eigenvalue weighted by Gasteiger charge is -2.17. The highest BCUT2D eigenvalue weighted by atomic mass is 16.6. The third-order valence-electron chi connectivity index (χ3n) is 2.27. The van der Waals surface area contributed by atoms with Crippen molar-refractivity contribution in [3.8, 4) is 0 Å². The third-order valence-corrected chi connectivity index (χ3v) is 2.27. The van der Waals surface area contributed by atoms with E-state index in [9.17, 15) is 10.1 Å². The van der Waals surface area contributed by atoms with Gasteiger partial charge in [0.2, 0.25) is 0 Å². The molecule has 5 heteroatoms. The second kappa shape index (κ2) is 3.61. The Kier molecular flexibility index (Phi) is 2.29. The molecule has 0 fully saturated rings. The van der Waals surface area contributed by atoms with Crippen molar-refractivity contribution in [3.63, 3.8) is 0 Å². The van der Waals surface area contributed by atoms with Gasteiger partial charge in [-0.05, 0) is 12.1 Å². The van der Waals surface area contributed by atoms with Crippen LogP contribution in [0.4, 0.5) is 11.4 Å². The number of anilines is 1. The van der Waals surface area contributed by atoms with Crippen molar-refractivity contribution < 1.29 is 4.92 Å². The molecule has 15 heavy (non-hydrogen) atoms. The zero-order valence-corrected chi connectivity index (χ0v) is 8.33. The van der Waals surface area contributed by atoms with Crippen LogP contribution in [0.15, 0.2) is 36.7 Å². The molecule has 0 saturated carbocycles. The Labute approximate surface area is 87.4 Å². The van der Waals surface area contributed by atoms with E-state index in [4.69, 9.17) is 0 Å². The van der Waals surface area contributed by atoms with Gasteiger partial charge in [0.05, 0.1) is 11.6 Å². The lowest BCUT2D eigenvalue weighted by Crippen LogP contribution is -2.21. The van der Waals surface area contributed by atoms with E-state index in [2.05, 4.69) is 0 Å². The molecule has 0 unspecified atom stereocenters. The summed E-state index contributed by atoms with van der Waals surface area (Å²) in [5, 5.41) is 10.5. The molecule has 1 heterocycles. The van der Waals surface area contributed by atoms with E-state index in [0.29, 0.717) is 0 Å². The second-order valence-corrected chi connectivity index (χ2v) is 3.44. The van der Waals surface area contributed by atoms with Gasteiger partial charge in [0.25, 0.3) is 5.69 Å². The zero-order chi connectivity index (χ0) is 10.8. The molecule has 0 N–H and O–H groups in total. The Hall–Kier alpha value is -2.04. The monoisotopic (exact) mass is 205 g/mol. The summed E-state index contributed by atoms with van der Waals surface area (Å²) < 4.78 is 0. The zero-order valence-electron chi connectivity index (χ0n) is 8.33. The molecule has 0 bridgehead atoms. The maximum Gasteiger partial charge on any atom is 0.269 e. The van der Waals surface area contributed by atoms with E-state index >= 15 is 0 Å². The maximum atomic E-state index is 10.5. The first kappa shape index (κ1) is 9.51. The smallest absolute Gasteiger partial charge is 0.269 e. The quantitative estimate of drug-likeness (QED) is 0.545. The molecule has 78 valence electrons. The Balaban J connectivity index is 2.17. The van der Waals surface area contributed by atoms with Crippen LogP contribution < -0.4 is 4.90 Å². The molecule has 0 radical (unpaired) electrons. The van der Waals surface area contributed by atoms with Gasteiger partial charge in [-0.15, -0.1) is 0 Å². The molecule has 1 aromatic carbocycles. The molecule has 0 spiro atoms. The number of nitro groups is 1. The number of benzene rings is 1. The fourth-order valence-electron chi connectivity index (χ4n) is 1.46. The van der Waals surface area contributed by atoms with Gasteiger partial charge >= 0.3 is 0 Å². The lowest BCUT2D eigenvalue weighted by molar-refractivity contribution is -0.384. The first-order valence-electron chi connectivity index (χ1n) is 4.56. The normalized spacial score (nSPS) is 14.7. The van der Waals surface area contributed by atoms with Crippen LogP contribution in [0, 0.1) is 10.1 Å².